The van der Waals surface area contributed by atoms with E-state index in [0.717, 1.165) is 18.6 Å². The average molecular weight is 337 g/mol. The van der Waals surface area contributed by atoms with Crippen LogP contribution in [0.15, 0.2) is 23.1 Å². The largest absolute Gasteiger partial charge is 0.366 e. The van der Waals surface area contributed by atoms with Gasteiger partial charge in [-0.05, 0) is 24.6 Å². The van der Waals surface area contributed by atoms with Gasteiger partial charge >= 0.3 is 0 Å². The molecule has 0 saturated carbocycles. The lowest BCUT2D eigenvalue weighted by molar-refractivity contribution is 0.234. The summed E-state index contributed by atoms with van der Waals surface area (Å²) in [4.78, 5) is 1.55. The third-order valence-corrected chi connectivity index (χ3v) is 4.88. The summed E-state index contributed by atoms with van der Waals surface area (Å²) in [5.41, 5.74) is 0.238. The summed E-state index contributed by atoms with van der Waals surface area (Å²) in [6.45, 7) is 0.678. The Bertz CT molecular complexity index is 745. The van der Waals surface area contributed by atoms with Gasteiger partial charge in [-0.25, -0.2) is 12.8 Å². The monoisotopic (exact) mass is 337 g/mol. The predicted octanol–water partition coefficient (Wildman–Crippen LogP) is 0.784. The van der Waals surface area contributed by atoms with Gasteiger partial charge in [0.15, 0.2) is 9.84 Å². The molecular formula is C12H16FNO5S2. The number of benzene rings is 1. The number of anilines is 1. The standard InChI is InChI=1S/C12H16FNO5S2/c1-20(15,16)10-3-4-12(11(13)7-10)14-6-5-9(8-14)19-21(2,17)18/h3-4,7,9H,5-6,8H2,1-2H3/t9-/m1/s1. The Hall–Kier alpha value is -1.19. The summed E-state index contributed by atoms with van der Waals surface area (Å²) in [7, 11) is -7.01. The number of rotatable bonds is 4. The molecule has 0 N–H and O–H groups in total. The molecule has 0 amide bonds. The molecule has 1 aliphatic rings. The van der Waals surface area contributed by atoms with Gasteiger partial charge in [-0.15, -0.1) is 0 Å². The first-order valence-electron chi connectivity index (χ1n) is 6.19. The smallest absolute Gasteiger partial charge is 0.264 e. The third kappa shape index (κ3) is 4.14. The molecule has 1 heterocycles. The molecule has 2 rings (SSSR count). The Morgan fingerprint density at radius 3 is 2.43 bits per heavy atom. The van der Waals surface area contributed by atoms with Crippen molar-refractivity contribution in [1.29, 1.82) is 0 Å². The molecule has 1 atom stereocenters. The Morgan fingerprint density at radius 2 is 1.90 bits per heavy atom. The highest BCUT2D eigenvalue weighted by molar-refractivity contribution is 7.90. The fourth-order valence-corrected chi connectivity index (χ4v) is 3.53. The lowest BCUT2D eigenvalue weighted by atomic mass is 10.3. The second-order valence-electron chi connectivity index (χ2n) is 5.04. The van der Waals surface area contributed by atoms with E-state index in [1.54, 1.807) is 4.90 Å². The Labute approximate surface area is 123 Å². The van der Waals surface area contributed by atoms with Crippen LogP contribution in [0.25, 0.3) is 0 Å². The van der Waals surface area contributed by atoms with E-state index < -0.39 is 31.9 Å². The van der Waals surface area contributed by atoms with E-state index in [9.17, 15) is 21.2 Å². The highest BCUT2D eigenvalue weighted by Gasteiger charge is 2.28. The van der Waals surface area contributed by atoms with Crippen molar-refractivity contribution in [3.63, 3.8) is 0 Å². The molecule has 0 spiro atoms. The average Bonchev–Trinajstić information content (AvgIpc) is 2.73. The lowest BCUT2D eigenvalue weighted by Gasteiger charge is -2.19. The summed E-state index contributed by atoms with van der Waals surface area (Å²) >= 11 is 0. The zero-order valence-corrected chi connectivity index (χ0v) is 13.2. The van der Waals surface area contributed by atoms with Crippen molar-refractivity contribution in [1.82, 2.24) is 0 Å². The second-order valence-corrected chi connectivity index (χ2v) is 8.66. The number of sulfone groups is 1. The maximum Gasteiger partial charge on any atom is 0.264 e. The third-order valence-electron chi connectivity index (χ3n) is 3.14. The van der Waals surface area contributed by atoms with Crippen LogP contribution in [-0.2, 0) is 24.1 Å². The summed E-state index contributed by atoms with van der Waals surface area (Å²) in [6, 6.07) is 3.68. The lowest BCUT2D eigenvalue weighted by Crippen LogP contribution is -2.25. The van der Waals surface area contributed by atoms with Gasteiger partial charge in [0.05, 0.1) is 22.9 Å². The van der Waals surface area contributed by atoms with Gasteiger partial charge in [0, 0.05) is 19.3 Å². The molecular weight excluding hydrogens is 321 g/mol. The minimum atomic E-state index is -3.55. The molecule has 1 aromatic rings. The van der Waals surface area contributed by atoms with E-state index in [2.05, 4.69) is 0 Å². The fraction of sp³-hybridized carbons (Fsp3) is 0.500. The number of halogens is 1. The SMILES string of the molecule is CS(=O)(=O)O[C@@H]1CCN(c2ccc(S(C)(=O)=O)cc2F)C1. The predicted molar refractivity (Wildman–Crippen MR) is 76.1 cm³/mol. The van der Waals surface area contributed by atoms with Crippen molar-refractivity contribution in [3.8, 4) is 0 Å². The first-order valence-corrected chi connectivity index (χ1v) is 9.90. The number of hydrogen-bond acceptors (Lipinski definition) is 6. The first-order chi connectivity index (χ1) is 9.56. The van der Waals surface area contributed by atoms with Crippen molar-refractivity contribution < 1.29 is 25.4 Å². The first kappa shape index (κ1) is 16.2. The summed E-state index contributed by atoms with van der Waals surface area (Å²) in [5, 5.41) is 0. The molecule has 9 heteroatoms. The van der Waals surface area contributed by atoms with E-state index >= 15 is 0 Å². The van der Waals surface area contributed by atoms with E-state index in [1.165, 1.54) is 12.1 Å². The highest BCUT2D eigenvalue weighted by atomic mass is 32.2. The molecule has 21 heavy (non-hydrogen) atoms. The van der Waals surface area contributed by atoms with Crippen LogP contribution in [0.4, 0.5) is 10.1 Å². The Kier molecular flexibility index (Phi) is 4.27. The van der Waals surface area contributed by atoms with Gasteiger partial charge in [-0.1, -0.05) is 0 Å². The summed E-state index contributed by atoms with van der Waals surface area (Å²) in [5.74, 6) is -0.655. The van der Waals surface area contributed by atoms with Crippen LogP contribution in [0.3, 0.4) is 0 Å². The fourth-order valence-electron chi connectivity index (χ4n) is 2.25. The molecule has 0 unspecified atom stereocenters. The molecule has 1 aliphatic heterocycles. The normalized spacial score (nSPS) is 20.0. The summed E-state index contributed by atoms with van der Waals surface area (Å²) < 4.78 is 63.8. The molecule has 118 valence electrons. The van der Waals surface area contributed by atoms with E-state index in [4.69, 9.17) is 4.18 Å². The number of hydrogen-bond donors (Lipinski definition) is 0. The molecule has 0 radical (unpaired) electrons. The maximum atomic E-state index is 14.0. The quantitative estimate of drug-likeness (QED) is 0.756. The zero-order valence-electron chi connectivity index (χ0n) is 11.6. The van der Waals surface area contributed by atoms with Gasteiger partial charge in [-0.3, -0.25) is 4.18 Å². The molecule has 0 bridgehead atoms. The van der Waals surface area contributed by atoms with Crippen LogP contribution in [0.2, 0.25) is 0 Å². The van der Waals surface area contributed by atoms with Crippen LogP contribution in [0.1, 0.15) is 6.42 Å². The van der Waals surface area contributed by atoms with Gasteiger partial charge in [-0.2, -0.15) is 8.42 Å². The topological polar surface area (TPSA) is 80.8 Å². The van der Waals surface area contributed by atoms with Crippen LogP contribution < -0.4 is 4.90 Å². The minimum Gasteiger partial charge on any atom is -0.366 e. The van der Waals surface area contributed by atoms with Crippen LogP contribution in [-0.4, -0.2) is 48.5 Å². The molecule has 1 saturated heterocycles. The van der Waals surface area contributed by atoms with Crippen molar-refractivity contribution in [3.05, 3.63) is 24.0 Å². The van der Waals surface area contributed by atoms with Crippen molar-refractivity contribution in [2.75, 3.05) is 30.5 Å². The maximum absolute atomic E-state index is 14.0. The van der Waals surface area contributed by atoms with Gasteiger partial charge in [0.1, 0.15) is 5.82 Å². The minimum absolute atomic E-state index is 0.0908. The van der Waals surface area contributed by atoms with Crippen LogP contribution in [0.5, 0.6) is 0 Å². The molecule has 1 fully saturated rings. The van der Waals surface area contributed by atoms with Gasteiger partial charge in [0.25, 0.3) is 10.1 Å². The van der Waals surface area contributed by atoms with Crippen molar-refractivity contribution in [2.45, 2.75) is 17.4 Å². The zero-order chi connectivity index (χ0) is 15.8. The van der Waals surface area contributed by atoms with Crippen LogP contribution in [0, 0.1) is 5.82 Å². The molecule has 1 aromatic carbocycles. The van der Waals surface area contributed by atoms with Gasteiger partial charge < -0.3 is 4.90 Å². The van der Waals surface area contributed by atoms with Crippen LogP contribution >= 0.6 is 0 Å². The Balaban J connectivity index is 2.17. The molecule has 6 nitrogen and oxygen atoms in total. The molecule has 0 aromatic heterocycles. The van der Waals surface area contributed by atoms with Crippen molar-refractivity contribution >= 4 is 25.6 Å². The second kappa shape index (κ2) is 5.54. The molecule has 0 aliphatic carbocycles. The van der Waals surface area contributed by atoms with Crippen molar-refractivity contribution in [2.24, 2.45) is 0 Å². The van der Waals surface area contributed by atoms with E-state index in [1.807, 2.05) is 0 Å². The van der Waals surface area contributed by atoms with E-state index in [-0.39, 0.29) is 17.1 Å². The Morgan fingerprint density at radius 1 is 1.24 bits per heavy atom. The number of nitrogens with zero attached hydrogens (tertiary/aromatic N) is 1. The summed E-state index contributed by atoms with van der Waals surface area (Å²) in [6.07, 6.45) is 1.92. The highest BCUT2D eigenvalue weighted by Crippen LogP contribution is 2.27. The van der Waals surface area contributed by atoms with E-state index in [0.29, 0.717) is 13.0 Å². The van der Waals surface area contributed by atoms with Gasteiger partial charge in [0.2, 0.25) is 0 Å².